The van der Waals surface area contributed by atoms with Crippen LogP contribution in [0.25, 0.3) is 10.9 Å². The molecule has 0 saturated carbocycles. The van der Waals surface area contributed by atoms with E-state index in [1.807, 2.05) is 36.5 Å². The van der Waals surface area contributed by atoms with Crippen LogP contribution in [0.3, 0.4) is 0 Å². The third kappa shape index (κ3) is 4.53. The van der Waals surface area contributed by atoms with Crippen molar-refractivity contribution in [3.05, 3.63) is 70.0 Å². The third-order valence-electron chi connectivity index (χ3n) is 3.88. The second kappa shape index (κ2) is 8.05. The monoisotopic (exact) mass is 382 g/mol. The SMILES string of the molecule is Cc1ccc(Cn2c(SCC(=O)NC(N)=O)nc3ccccc3c2=O)cc1. The minimum absolute atomic E-state index is 0.0817. The minimum atomic E-state index is -0.913. The zero-order valence-corrected chi connectivity index (χ0v) is 15.5. The second-order valence-electron chi connectivity index (χ2n) is 5.99. The number of aromatic nitrogens is 2. The Morgan fingerprint density at radius 3 is 2.56 bits per heavy atom. The molecule has 3 aromatic rings. The fourth-order valence-electron chi connectivity index (χ4n) is 2.58. The Bertz CT molecular complexity index is 1060. The number of hydrogen-bond acceptors (Lipinski definition) is 5. The van der Waals surface area contributed by atoms with Crippen molar-refractivity contribution in [2.24, 2.45) is 5.73 Å². The number of hydrogen-bond donors (Lipinski definition) is 2. The standard InChI is InChI=1S/C19H18N4O3S/c1-12-6-8-13(9-7-12)10-23-17(25)14-4-2-3-5-15(14)21-19(23)27-11-16(24)22-18(20)26/h2-9H,10-11H2,1H3,(H3,20,22,24,26). The fourth-order valence-corrected chi connectivity index (χ4v) is 3.38. The largest absolute Gasteiger partial charge is 0.351 e. The maximum atomic E-state index is 13.0. The van der Waals surface area contributed by atoms with Crippen molar-refractivity contribution in [2.45, 2.75) is 18.6 Å². The first-order chi connectivity index (χ1) is 12.9. The fraction of sp³-hybridized carbons (Fsp3) is 0.158. The molecule has 0 saturated heterocycles. The average Bonchev–Trinajstić information content (AvgIpc) is 2.64. The van der Waals surface area contributed by atoms with E-state index in [0.29, 0.717) is 22.6 Å². The summed E-state index contributed by atoms with van der Waals surface area (Å²) in [5.41, 5.74) is 7.40. The minimum Gasteiger partial charge on any atom is -0.351 e. The highest BCUT2D eigenvalue weighted by Gasteiger charge is 2.14. The number of amides is 3. The molecule has 0 unspecified atom stereocenters. The van der Waals surface area contributed by atoms with Gasteiger partial charge in [0.2, 0.25) is 5.91 Å². The van der Waals surface area contributed by atoms with Gasteiger partial charge in [-0.05, 0) is 24.6 Å². The van der Waals surface area contributed by atoms with Gasteiger partial charge in [-0.1, -0.05) is 53.7 Å². The lowest BCUT2D eigenvalue weighted by atomic mass is 10.1. The number of carbonyl (C=O) groups excluding carboxylic acids is 2. The number of nitrogens with two attached hydrogens (primary N) is 1. The molecule has 3 rings (SSSR count). The van der Waals surface area contributed by atoms with Crippen LogP contribution in [0.4, 0.5) is 4.79 Å². The summed E-state index contributed by atoms with van der Waals surface area (Å²) in [6.07, 6.45) is 0. The Kier molecular flexibility index (Phi) is 5.56. The number of primary amides is 1. The highest BCUT2D eigenvalue weighted by atomic mass is 32.2. The predicted molar refractivity (Wildman–Crippen MR) is 105 cm³/mol. The van der Waals surface area contributed by atoms with Crippen LogP contribution in [0.5, 0.6) is 0 Å². The van der Waals surface area contributed by atoms with Crippen LogP contribution < -0.4 is 16.6 Å². The molecule has 2 aromatic carbocycles. The zero-order valence-electron chi connectivity index (χ0n) is 14.6. The molecule has 0 spiro atoms. The van der Waals surface area contributed by atoms with Gasteiger partial charge < -0.3 is 5.73 Å². The van der Waals surface area contributed by atoms with Gasteiger partial charge in [-0.2, -0.15) is 0 Å². The van der Waals surface area contributed by atoms with Crippen LogP contribution in [0.15, 0.2) is 58.5 Å². The summed E-state index contributed by atoms with van der Waals surface area (Å²) in [4.78, 5) is 40.0. The molecule has 8 heteroatoms. The molecule has 0 aliphatic rings. The Hall–Kier alpha value is -3.13. The van der Waals surface area contributed by atoms with Crippen LogP contribution in [0.1, 0.15) is 11.1 Å². The van der Waals surface area contributed by atoms with Gasteiger partial charge in [-0.15, -0.1) is 0 Å². The van der Waals surface area contributed by atoms with Gasteiger partial charge in [-0.3, -0.25) is 19.5 Å². The lowest BCUT2D eigenvalue weighted by Crippen LogP contribution is -2.36. The molecule has 0 radical (unpaired) electrons. The third-order valence-corrected chi connectivity index (χ3v) is 4.86. The van der Waals surface area contributed by atoms with E-state index in [1.54, 1.807) is 24.3 Å². The molecule has 3 N–H and O–H groups in total. The van der Waals surface area contributed by atoms with Gasteiger partial charge in [0.05, 0.1) is 23.2 Å². The summed E-state index contributed by atoms with van der Waals surface area (Å²) < 4.78 is 1.54. The first kappa shape index (κ1) is 18.7. The molecule has 1 heterocycles. The number of thioether (sulfide) groups is 1. The Balaban J connectivity index is 1.98. The summed E-state index contributed by atoms with van der Waals surface area (Å²) in [6.45, 7) is 2.32. The average molecular weight is 382 g/mol. The van der Waals surface area contributed by atoms with Crippen molar-refractivity contribution in [3.8, 4) is 0 Å². The van der Waals surface area contributed by atoms with Crippen molar-refractivity contribution in [3.63, 3.8) is 0 Å². The normalized spacial score (nSPS) is 10.7. The number of nitrogens with zero attached hydrogens (tertiary/aromatic N) is 2. The van der Waals surface area contributed by atoms with E-state index >= 15 is 0 Å². The highest BCUT2D eigenvalue weighted by Crippen LogP contribution is 2.19. The first-order valence-electron chi connectivity index (χ1n) is 8.21. The molecule has 3 amide bonds. The maximum Gasteiger partial charge on any atom is 0.318 e. The quantitative estimate of drug-likeness (QED) is 0.519. The number of urea groups is 1. The number of imide groups is 1. The van der Waals surface area contributed by atoms with E-state index in [9.17, 15) is 14.4 Å². The van der Waals surface area contributed by atoms with E-state index in [2.05, 4.69) is 4.98 Å². The lowest BCUT2D eigenvalue weighted by molar-refractivity contribution is -0.117. The van der Waals surface area contributed by atoms with Gasteiger partial charge in [0, 0.05) is 0 Å². The molecular formula is C19H18N4O3S. The topological polar surface area (TPSA) is 107 Å². The molecule has 0 atom stereocenters. The molecule has 7 nitrogen and oxygen atoms in total. The number of nitrogens with one attached hydrogen (secondary N) is 1. The summed E-state index contributed by atoms with van der Waals surface area (Å²) >= 11 is 1.08. The van der Waals surface area contributed by atoms with Crippen LogP contribution >= 0.6 is 11.8 Å². The van der Waals surface area contributed by atoms with Crippen molar-refractivity contribution in [1.29, 1.82) is 0 Å². The molecule has 138 valence electrons. The van der Waals surface area contributed by atoms with Gasteiger partial charge in [0.15, 0.2) is 5.16 Å². The number of aryl methyl sites for hydroxylation is 1. The molecule has 0 aliphatic carbocycles. The number of rotatable bonds is 5. The van der Waals surface area contributed by atoms with E-state index in [-0.39, 0.29) is 11.3 Å². The van der Waals surface area contributed by atoms with Crippen LogP contribution in [0, 0.1) is 6.92 Å². The van der Waals surface area contributed by atoms with Gasteiger partial charge in [0.1, 0.15) is 0 Å². The van der Waals surface area contributed by atoms with E-state index in [4.69, 9.17) is 5.73 Å². The van der Waals surface area contributed by atoms with Gasteiger partial charge >= 0.3 is 6.03 Å². The van der Waals surface area contributed by atoms with Gasteiger partial charge in [0.25, 0.3) is 5.56 Å². The summed E-state index contributed by atoms with van der Waals surface area (Å²) in [7, 11) is 0. The van der Waals surface area contributed by atoms with Crippen molar-refractivity contribution in [1.82, 2.24) is 14.9 Å². The Labute approximate surface area is 159 Å². The molecule has 1 aromatic heterocycles. The van der Waals surface area contributed by atoms with Crippen LogP contribution in [0.2, 0.25) is 0 Å². The molecule has 27 heavy (non-hydrogen) atoms. The smallest absolute Gasteiger partial charge is 0.318 e. The summed E-state index contributed by atoms with van der Waals surface area (Å²) in [5, 5.41) is 2.92. The Morgan fingerprint density at radius 2 is 1.85 bits per heavy atom. The van der Waals surface area contributed by atoms with Crippen molar-refractivity contribution in [2.75, 3.05) is 5.75 Å². The highest BCUT2D eigenvalue weighted by molar-refractivity contribution is 7.99. The van der Waals surface area contributed by atoms with Crippen LogP contribution in [-0.2, 0) is 11.3 Å². The van der Waals surface area contributed by atoms with E-state index in [0.717, 1.165) is 22.9 Å². The molecule has 0 fully saturated rings. The number of para-hydroxylation sites is 1. The number of carbonyl (C=O) groups is 2. The molecular weight excluding hydrogens is 364 g/mol. The first-order valence-corrected chi connectivity index (χ1v) is 9.20. The predicted octanol–water partition coefficient (Wildman–Crippen LogP) is 2.04. The number of fused-ring (bicyclic) bond motifs is 1. The van der Waals surface area contributed by atoms with Gasteiger partial charge in [-0.25, -0.2) is 9.78 Å². The molecule has 0 bridgehead atoms. The second-order valence-corrected chi connectivity index (χ2v) is 6.93. The number of benzene rings is 2. The Morgan fingerprint density at radius 1 is 1.15 bits per heavy atom. The van der Waals surface area contributed by atoms with Crippen LogP contribution in [-0.4, -0.2) is 27.2 Å². The summed E-state index contributed by atoms with van der Waals surface area (Å²) in [5.74, 6) is -0.626. The van der Waals surface area contributed by atoms with E-state index < -0.39 is 11.9 Å². The van der Waals surface area contributed by atoms with E-state index in [1.165, 1.54) is 4.57 Å². The zero-order chi connectivity index (χ0) is 19.4. The van der Waals surface area contributed by atoms with Crippen molar-refractivity contribution < 1.29 is 9.59 Å². The lowest BCUT2D eigenvalue weighted by Gasteiger charge is -2.13. The summed E-state index contributed by atoms with van der Waals surface area (Å²) in [6, 6.07) is 14.0. The van der Waals surface area contributed by atoms with Crippen molar-refractivity contribution >= 4 is 34.6 Å². The maximum absolute atomic E-state index is 13.0. The molecule has 0 aliphatic heterocycles.